The lowest BCUT2D eigenvalue weighted by atomic mass is 10.00. The second-order valence-electron chi connectivity index (χ2n) is 8.44. The van der Waals surface area contributed by atoms with E-state index in [1.807, 2.05) is 6.07 Å². The van der Waals surface area contributed by atoms with E-state index in [2.05, 4.69) is 20.5 Å². The van der Waals surface area contributed by atoms with Crippen LogP contribution in [0.1, 0.15) is 15.9 Å². The van der Waals surface area contributed by atoms with Gasteiger partial charge in [-0.15, -0.1) is 0 Å². The molecule has 0 saturated carbocycles. The van der Waals surface area contributed by atoms with E-state index >= 15 is 0 Å². The second kappa shape index (κ2) is 10.5. The minimum Gasteiger partial charge on any atom is -0.378 e. The van der Waals surface area contributed by atoms with Crippen molar-refractivity contribution in [1.82, 2.24) is 4.98 Å². The highest BCUT2D eigenvalue weighted by molar-refractivity contribution is 6.30. The number of pyridine rings is 1. The van der Waals surface area contributed by atoms with Crippen molar-refractivity contribution in [1.29, 1.82) is 0 Å². The maximum absolute atomic E-state index is 14.7. The van der Waals surface area contributed by atoms with Crippen LogP contribution in [0.5, 0.6) is 0 Å². The number of ketones is 1. The molecule has 2 N–H and O–H groups in total. The average molecular weight is 523 g/mol. The molecule has 0 atom stereocenters. The summed E-state index contributed by atoms with van der Waals surface area (Å²) in [5.74, 6) is -3.28. The second-order valence-corrected chi connectivity index (χ2v) is 8.87. The van der Waals surface area contributed by atoms with Gasteiger partial charge < -0.3 is 20.3 Å². The van der Waals surface area contributed by atoms with Crippen LogP contribution < -0.4 is 15.5 Å². The van der Waals surface area contributed by atoms with Crippen molar-refractivity contribution in [2.45, 2.75) is 0 Å². The first-order valence-electron chi connectivity index (χ1n) is 11.5. The quantitative estimate of drug-likeness (QED) is 0.320. The first kappa shape index (κ1) is 24.6. The number of carbonyl (C=O) groups is 2. The fourth-order valence-electron chi connectivity index (χ4n) is 4.06. The van der Waals surface area contributed by atoms with Crippen molar-refractivity contribution in [3.05, 3.63) is 94.6 Å². The molecule has 3 aromatic carbocycles. The number of carbonyl (C=O) groups excluding carboxylic acids is 2. The number of hydrogen-bond acceptors (Lipinski definition) is 5. The molecule has 1 saturated heterocycles. The first-order valence-corrected chi connectivity index (χ1v) is 11.8. The molecule has 0 bridgehead atoms. The molecule has 0 radical (unpaired) electrons. The molecule has 10 heteroatoms. The van der Waals surface area contributed by atoms with Crippen LogP contribution in [0.4, 0.5) is 30.6 Å². The topological polar surface area (TPSA) is 83.6 Å². The summed E-state index contributed by atoms with van der Waals surface area (Å²) in [5, 5.41) is 6.17. The lowest BCUT2D eigenvalue weighted by molar-refractivity contribution is 0.103. The number of hydrogen-bond donors (Lipinski definition) is 2. The number of halogens is 3. The van der Waals surface area contributed by atoms with Gasteiger partial charge in [-0.05, 0) is 54.6 Å². The molecule has 0 unspecified atom stereocenters. The molecule has 1 aliphatic heterocycles. The van der Waals surface area contributed by atoms with Crippen LogP contribution in [0.15, 0.2) is 66.9 Å². The highest BCUT2D eigenvalue weighted by atomic mass is 35.5. The van der Waals surface area contributed by atoms with Gasteiger partial charge in [-0.3, -0.25) is 9.78 Å². The Labute approximate surface area is 216 Å². The fourth-order valence-corrected chi connectivity index (χ4v) is 4.19. The van der Waals surface area contributed by atoms with Crippen LogP contribution in [-0.2, 0) is 4.74 Å². The van der Waals surface area contributed by atoms with Gasteiger partial charge in [0.25, 0.3) is 0 Å². The molecule has 2 amide bonds. The largest absolute Gasteiger partial charge is 0.378 e. The van der Waals surface area contributed by atoms with E-state index in [1.54, 1.807) is 42.6 Å². The minimum atomic E-state index is -1.30. The average Bonchev–Trinajstić information content (AvgIpc) is 2.91. The van der Waals surface area contributed by atoms with E-state index in [1.165, 1.54) is 6.07 Å². The summed E-state index contributed by atoms with van der Waals surface area (Å²) in [7, 11) is 0. The fraction of sp³-hybridized carbons (Fsp3) is 0.148. The zero-order valence-corrected chi connectivity index (χ0v) is 20.2. The van der Waals surface area contributed by atoms with Crippen molar-refractivity contribution in [3.8, 4) is 0 Å². The lowest BCUT2D eigenvalue weighted by Gasteiger charge is -2.28. The van der Waals surface area contributed by atoms with E-state index in [0.717, 1.165) is 30.9 Å². The summed E-state index contributed by atoms with van der Waals surface area (Å²) >= 11 is 5.84. The van der Waals surface area contributed by atoms with Crippen molar-refractivity contribution in [2.24, 2.45) is 0 Å². The Morgan fingerprint density at radius 3 is 2.41 bits per heavy atom. The van der Waals surface area contributed by atoms with Gasteiger partial charge in [0.1, 0.15) is 0 Å². The van der Waals surface area contributed by atoms with Crippen LogP contribution in [0.25, 0.3) is 10.9 Å². The molecule has 0 spiro atoms. The van der Waals surface area contributed by atoms with Gasteiger partial charge in [-0.2, -0.15) is 0 Å². The molecule has 37 heavy (non-hydrogen) atoms. The SMILES string of the molecule is O=C(Nc1ccc(Cl)cc1)Nc1cc(F)c(F)c(C(=O)c2ccc3ncc(N4CCOCC4)cc3c2)c1. The van der Waals surface area contributed by atoms with E-state index in [4.69, 9.17) is 16.3 Å². The molecule has 4 aromatic rings. The number of rotatable bonds is 5. The number of aromatic nitrogens is 1. The summed E-state index contributed by atoms with van der Waals surface area (Å²) < 4.78 is 34.5. The van der Waals surface area contributed by atoms with Gasteiger partial charge in [0.15, 0.2) is 17.4 Å². The van der Waals surface area contributed by atoms with Crippen molar-refractivity contribution in [2.75, 3.05) is 41.8 Å². The summed E-state index contributed by atoms with van der Waals surface area (Å²) in [5.41, 5.74) is 1.57. The van der Waals surface area contributed by atoms with Gasteiger partial charge in [0, 0.05) is 46.5 Å². The Kier molecular flexibility index (Phi) is 6.98. The third-order valence-electron chi connectivity index (χ3n) is 5.94. The molecule has 1 aliphatic rings. The van der Waals surface area contributed by atoms with E-state index < -0.39 is 29.0 Å². The minimum absolute atomic E-state index is 0.0780. The smallest absolute Gasteiger partial charge is 0.323 e. The number of nitrogens with one attached hydrogen (secondary N) is 2. The predicted molar refractivity (Wildman–Crippen MR) is 139 cm³/mol. The van der Waals surface area contributed by atoms with Gasteiger partial charge in [0.05, 0.1) is 36.2 Å². The van der Waals surface area contributed by atoms with E-state index in [-0.39, 0.29) is 11.3 Å². The number of fused-ring (bicyclic) bond motifs is 1. The van der Waals surface area contributed by atoms with Crippen LogP contribution in [-0.4, -0.2) is 43.1 Å². The number of urea groups is 1. The molecular formula is C27H21ClF2N4O3. The van der Waals surface area contributed by atoms with Crippen LogP contribution in [0.3, 0.4) is 0 Å². The number of amides is 2. The summed E-state index contributed by atoms with van der Waals surface area (Å²) in [6.07, 6.45) is 1.76. The Morgan fingerprint density at radius 1 is 0.919 bits per heavy atom. The molecule has 1 aromatic heterocycles. The van der Waals surface area contributed by atoms with E-state index in [0.29, 0.717) is 34.8 Å². The lowest BCUT2D eigenvalue weighted by Crippen LogP contribution is -2.36. The third kappa shape index (κ3) is 5.52. The Morgan fingerprint density at radius 2 is 1.65 bits per heavy atom. The summed E-state index contributed by atoms with van der Waals surface area (Å²) in [4.78, 5) is 32.1. The molecule has 1 fully saturated rings. The third-order valence-corrected chi connectivity index (χ3v) is 6.19. The number of benzene rings is 3. The monoisotopic (exact) mass is 522 g/mol. The zero-order valence-electron chi connectivity index (χ0n) is 19.4. The highest BCUT2D eigenvalue weighted by Gasteiger charge is 2.20. The Bertz CT molecular complexity index is 1490. The number of anilines is 3. The number of morpholine rings is 1. The molecule has 2 heterocycles. The normalized spacial score (nSPS) is 13.4. The molecular weight excluding hydrogens is 502 g/mol. The molecule has 188 valence electrons. The maximum Gasteiger partial charge on any atom is 0.323 e. The first-order chi connectivity index (χ1) is 17.9. The van der Waals surface area contributed by atoms with Crippen molar-refractivity contribution >= 4 is 51.4 Å². The number of nitrogens with zero attached hydrogens (tertiary/aromatic N) is 2. The van der Waals surface area contributed by atoms with Crippen LogP contribution >= 0.6 is 11.6 Å². The van der Waals surface area contributed by atoms with Crippen LogP contribution in [0.2, 0.25) is 5.02 Å². The predicted octanol–water partition coefficient (Wildman–Crippen LogP) is 5.88. The zero-order chi connectivity index (χ0) is 25.9. The molecule has 7 nitrogen and oxygen atoms in total. The highest BCUT2D eigenvalue weighted by Crippen LogP contribution is 2.26. The standard InChI is InChI=1S/C27H21ClF2N4O3/c28-18-2-4-19(5-3-18)32-27(36)33-20-13-22(25(30)23(29)14-20)26(35)16-1-6-24-17(11-16)12-21(15-31-24)34-7-9-37-10-8-34/h1-6,11-15H,7-10H2,(H2,32,33,36). The maximum atomic E-state index is 14.7. The van der Waals surface area contributed by atoms with Crippen molar-refractivity contribution < 1.29 is 23.1 Å². The van der Waals surface area contributed by atoms with E-state index in [9.17, 15) is 18.4 Å². The molecule has 0 aliphatic carbocycles. The summed E-state index contributed by atoms with van der Waals surface area (Å²) in [6, 6.07) is 14.2. The number of ether oxygens (including phenoxy) is 1. The van der Waals surface area contributed by atoms with Gasteiger partial charge in [0.2, 0.25) is 0 Å². The van der Waals surface area contributed by atoms with Crippen molar-refractivity contribution in [3.63, 3.8) is 0 Å². The van der Waals surface area contributed by atoms with Crippen LogP contribution in [0, 0.1) is 11.6 Å². The van der Waals surface area contributed by atoms with Gasteiger partial charge in [-0.1, -0.05) is 11.6 Å². The Balaban J connectivity index is 1.39. The summed E-state index contributed by atoms with van der Waals surface area (Å²) in [6.45, 7) is 2.68. The van der Waals surface area contributed by atoms with Gasteiger partial charge >= 0.3 is 6.03 Å². The Hall–Kier alpha value is -4.08. The molecule has 5 rings (SSSR count). The van der Waals surface area contributed by atoms with Gasteiger partial charge in [-0.25, -0.2) is 13.6 Å².